The van der Waals surface area contributed by atoms with Crippen molar-refractivity contribution in [2.24, 2.45) is 0 Å². The molecule has 0 unspecified atom stereocenters. The van der Waals surface area contributed by atoms with Crippen molar-refractivity contribution in [3.63, 3.8) is 0 Å². The van der Waals surface area contributed by atoms with E-state index in [2.05, 4.69) is 20.0 Å². The van der Waals surface area contributed by atoms with Crippen LogP contribution in [0.2, 0.25) is 0 Å². The van der Waals surface area contributed by atoms with Gasteiger partial charge in [0.25, 0.3) is 5.91 Å². The monoisotopic (exact) mass is 400 g/mol. The van der Waals surface area contributed by atoms with E-state index >= 15 is 0 Å². The Balaban J connectivity index is 1.83. The lowest BCUT2D eigenvalue weighted by Gasteiger charge is -2.19. The number of aromatic nitrogens is 2. The molecule has 10 heteroatoms. The topological polar surface area (TPSA) is 120 Å². The van der Waals surface area contributed by atoms with Gasteiger partial charge in [0.15, 0.2) is 12.4 Å². The van der Waals surface area contributed by atoms with Gasteiger partial charge in [-0.05, 0) is 23.8 Å². The van der Waals surface area contributed by atoms with E-state index in [0.717, 1.165) is 17.2 Å². The highest BCUT2D eigenvalue weighted by molar-refractivity contribution is 7.92. The normalized spacial score (nSPS) is 13.4. The van der Waals surface area contributed by atoms with Crippen molar-refractivity contribution in [1.29, 1.82) is 0 Å². The highest BCUT2D eigenvalue weighted by atomic mass is 32.2. The number of hydrogen-bond donors (Lipinski definition) is 2. The number of pyridine rings is 2. The molecule has 0 bridgehead atoms. The number of hydrogen-bond acceptors (Lipinski definition) is 7. The number of methoxy groups -OCH3 is 1. The summed E-state index contributed by atoms with van der Waals surface area (Å²) >= 11 is 0. The number of amides is 1. The van der Waals surface area contributed by atoms with Crippen LogP contribution in [0, 0.1) is 0 Å². The Labute approximate surface area is 160 Å². The molecule has 0 fully saturated rings. The van der Waals surface area contributed by atoms with Crippen LogP contribution in [0.15, 0.2) is 36.7 Å². The summed E-state index contributed by atoms with van der Waals surface area (Å²) in [4.78, 5) is 20.0. The van der Waals surface area contributed by atoms with Crippen LogP contribution < -0.4 is 19.5 Å². The van der Waals surface area contributed by atoms with E-state index < -0.39 is 10.0 Å². The molecule has 2 aromatic heterocycles. The molecule has 9 nitrogen and oxygen atoms in total. The number of fused-ring (bicyclic) bond motifs is 3. The Morgan fingerprint density at radius 1 is 1.18 bits per heavy atom. The Kier molecular flexibility index (Phi) is 4.27. The van der Waals surface area contributed by atoms with E-state index in [1.807, 2.05) is 18.2 Å². The van der Waals surface area contributed by atoms with Crippen LogP contribution in [0.1, 0.15) is 0 Å². The lowest BCUT2D eigenvalue weighted by atomic mass is 10.0. The Bertz CT molecular complexity index is 1210. The molecule has 3 aromatic rings. The molecule has 0 atom stereocenters. The molecule has 0 saturated carbocycles. The first kappa shape index (κ1) is 18.0. The average Bonchev–Trinajstić information content (AvgIpc) is 2.66. The van der Waals surface area contributed by atoms with E-state index in [9.17, 15) is 13.2 Å². The summed E-state index contributed by atoms with van der Waals surface area (Å²) in [7, 11) is -2.09. The molecule has 1 aliphatic heterocycles. The summed E-state index contributed by atoms with van der Waals surface area (Å²) in [5.74, 6) is 0.475. The van der Waals surface area contributed by atoms with E-state index in [4.69, 9.17) is 9.47 Å². The van der Waals surface area contributed by atoms with Crippen LogP contribution in [0.5, 0.6) is 11.6 Å². The SMILES string of the molecule is COc1ncc(-c2ccc3ncc4c(c3c2)OCC(=O)N4)cc1NS(C)(=O)=O. The summed E-state index contributed by atoms with van der Waals surface area (Å²) in [6.07, 6.45) is 4.19. The molecule has 0 aliphatic carbocycles. The predicted molar refractivity (Wildman–Crippen MR) is 104 cm³/mol. The highest BCUT2D eigenvalue weighted by Gasteiger charge is 2.20. The third-order valence-corrected chi connectivity index (χ3v) is 4.70. The van der Waals surface area contributed by atoms with Crippen molar-refractivity contribution < 1.29 is 22.7 Å². The van der Waals surface area contributed by atoms with Gasteiger partial charge in [0.1, 0.15) is 11.4 Å². The maximum absolute atomic E-state index is 11.6. The van der Waals surface area contributed by atoms with Crippen LogP contribution >= 0.6 is 0 Å². The third-order valence-electron chi connectivity index (χ3n) is 4.11. The minimum Gasteiger partial charge on any atom is -0.481 e. The van der Waals surface area contributed by atoms with Crippen molar-refractivity contribution in [3.05, 3.63) is 36.7 Å². The summed E-state index contributed by atoms with van der Waals surface area (Å²) in [6, 6.07) is 7.15. The number of carbonyl (C=O) groups excluding carboxylic acids is 1. The predicted octanol–water partition coefficient (Wildman–Crippen LogP) is 2.01. The van der Waals surface area contributed by atoms with Gasteiger partial charge in [-0.3, -0.25) is 14.5 Å². The van der Waals surface area contributed by atoms with Crippen LogP contribution in [-0.2, 0) is 14.8 Å². The molecule has 0 radical (unpaired) electrons. The van der Waals surface area contributed by atoms with E-state index in [0.29, 0.717) is 22.5 Å². The van der Waals surface area contributed by atoms with Gasteiger partial charge in [-0.1, -0.05) is 6.07 Å². The third kappa shape index (κ3) is 3.41. The number of sulfonamides is 1. The van der Waals surface area contributed by atoms with Gasteiger partial charge in [0, 0.05) is 17.1 Å². The van der Waals surface area contributed by atoms with Crippen LogP contribution in [0.3, 0.4) is 0 Å². The molecule has 1 amide bonds. The van der Waals surface area contributed by atoms with Gasteiger partial charge in [-0.25, -0.2) is 13.4 Å². The van der Waals surface area contributed by atoms with Crippen molar-refractivity contribution in [1.82, 2.24) is 9.97 Å². The van der Waals surface area contributed by atoms with Crippen LogP contribution in [0.4, 0.5) is 11.4 Å². The number of benzene rings is 1. The molecule has 3 heterocycles. The first-order valence-corrected chi connectivity index (χ1v) is 10.1. The molecule has 0 saturated heterocycles. The van der Waals surface area contributed by atoms with Gasteiger partial charge in [0.2, 0.25) is 15.9 Å². The second-order valence-corrected chi connectivity index (χ2v) is 7.97. The van der Waals surface area contributed by atoms with E-state index in [-0.39, 0.29) is 24.1 Å². The van der Waals surface area contributed by atoms with Crippen molar-refractivity contribution in [2.45, 2.75) is 0 Å². The molecular formula is C18H16N4O5S. The Morgan fingerprint density at radius 3 is 2.75 bits per heavy atom. The fourth-order valence-corrected chi connectivity index (χ4v) is 3.51. The number of anilines is 2. The maximum Gasteiger partial charge on any atom is 0.262 e. The zero-order valence-corrected chi connectivity index (χ0v) is 15.8. The maximum atomic E-state index is 11.6. The van der Waals surface area contributed by atoms with Crippen molar-refractivity contribution in [2.75, 3.05) is 30.0 Å². The highest BCUT2D eigenvalue weighted by Crippen LogP contribution is 2.37. The largest absolute Gasteiger partial charge is 0.481 e. The minimum absolute atomic E-state index is 0.0666. The first-order valence-electron chi connectivity index (χ1n) is 8.21. The number of carbonyl (C=O) groups is 1. The molecular weight excluding hydrogens is 384 g/mol. The summed E-state index contributed by atoms with van der Waals surface area (Å²) < 4.78 is 36.4. The minimum atomic E-state index is -3.50. The summed E-state index contributed by atoms with van der Waals surface area (Å²) in [5.41, 5.74) is 2.89. The Morgan fingerprint density at radius 2 is 2.00 bits per heavy atom. The second kappa shape index (κ2) is 6.64. The number of nitrogens with zero attached hydrogens (tertiary/aromatic N) is 2. The van der Waals surface area contributed by atoms with Crippen molar-refractivity contribution >= 4 is 38.2 Å². The molecule has 144 valence electrons. The Hall–Kier alpha value is -3.40. The van der Waals surface area contributed by atoms with Crippen LogP contribution in [-0.4, -0.2) is 44.3 Å². The van der Waals surface area contributed by atoms with Gasteiger partial charge in [-0.2, -0.15) is 0 Å². The van der Waals surface area contributed by atoms with Crippen molar-refractivity contribution in [3.8, 4) is 22.8 Å². The molecule has 0 spiro atoms. The fourth-order valence-electron chi connectivity index (χ4n) is 2.96. The molecule has 4 rings (SSSR count). The van der Waals surface area contributed by atoms with E-state index in [1.54, 1.807) is 18.5 Å². The zero-order valence-electron chi connectivity index (χ0n) is 15.0. The summed E-state index contributed by atoms with van der Waals surface area (Å²) in [6.45, 7) is -0.0666. The number of rotatable bonds is 4. The number of ether oxygens (including phenoxy) is 2. The van der Waals surface area contributed by atoms with E-state index in [1.165, 1.54) is 7.11 Å². The fraction of sp³-hybridized carbons (Fsp3) is 0.167. The lowest BCUT2D eigenvalue weighted by Crippen LogP contribution is -2.25. The average molecular weight is 400 g/mol. The van der Waals surface area contributed by atoms with Crippen LogP contribution in [0.25, 0.3) is 22.0 Å². The second-order valence-electron chi connectivity index (χ2n) is 6.22. The molecule has 28 heavy (non-hydrogen) atoms. The first-order chi connectivity index (χ1) is 13.3. The van der Waals surface area contributed by atoms with Gasteiger partial charge < -0.3 is 14.8 Å². The molecule has 1 aromatic carbocycles. The molecule has 1 aliphatic rings. The number of nitrogens with one attached hydrogen (secondary N) is 2. The zero-order chi connectivity index (χ0) is 19.9. The van der Waals surface area contributed by atoms with Gasteiger partial charge >= 0.3 is 0 Å². The van der Waals surface area contributed by atoms with Gasteiger partial charge in [0.05, 0.1) is 25.1 Å². The van der Waals surface area contributed by atoms with Gasteiger partial charge in [-0.15, -0.1) is 0 Å². The smallest absolute Gasteiger partial charge is 0.262 e. The summed E-state index contributed by atoms with van der Waals surface area (Å²) in [5, 5.41) is 3.45. The molecule has 2 N–H and O–H groups in total. The standard InChI is InChI=1S/C18H16N4O5S/c1-26-18-14(22-28(2,24)25)6-11(7-20-18)10-3-4-13-12(5-10)17-15(8-19-13)21-16(23)9-27-17/h3-8,22H,9H2,1-2H3,(H,21,23). The lowest BCUT2D eigenvalue weighted by molar-refractivity contribution is -0.118. The quantitative estimate of drug-likeness (QED) is 0.687.